The molecule has 0 aliphatic carbocycles. The van der Waals surface area contributed by atoms with Gasteiger partial charge in [0.15, 0.2) is 6.10 Å². The third-order valence-corrected chi connectivity index (χ3v) is 3.85. The maximum Gasteiger partial charge on any atom is 0.303 e. The van der Waals surface area contributed by atoms with Gasteiger partial charge in [-0.15, -0.1) is 0 Å². The molecule has 0 fully saturated rings. The van der Waals surface area contributed by atoms with Gasteiger partial charge in [-0.1, -0.05) is 30.0 Å². The maximum atomic E-state index is 11.2. The maximum absolute atomic E-state index is 11.2. The second kappa shape index (κ2) is 7.82. The molecule has 21 heavy (non-hydrogen) atoms. The van der Waals surface area contributed by atoms with E-state index in [0.717, 1.165) is 4.90 Å². The van der Waals surface area contributed by atoms with Crippen molar-refractivity contribution in [2.75, 3.05) is 0 Å². The van der Waals surface area contributed by atoms with Crippen molar-refractivity contribution >= 4 is 17.7 Å². The van der Waals surface area contributed by atoms with Gasteiger partial charge >= 0.3 is 5.97 Å². The summed E-state index contributed by atoms with van der Waals surface area (Å²) in [6, 6.07) is 9.92. The van der Waals surface area contributed by atoms with Crippen LogP contribution in [0.25, 0.3) is 0 Å². The van der Waals surface area contributed by atoms with E-state index in [4.69, 9.17) is 9.47 Å². The molecule has 0 amide bonds. The predicted molar refractivity (Wildman–Crippen MR) is 84.2 cm³/mol. The van der Waals surface area contributed by atoms with E-state index >= 15 is 0 Å². The summed E-state index contributed by atoms with van der Waals surface area (Å²) in [7, 11) is 0. The molecule has 3 unspecified atom stereocenters. The molecule has 1 aromatic rings. The molecule has 1 aromatic carbocycles. The summed E-state index contributed by atoms with van der Waals surface area (Å²) in [6.07, 6.45) is -1.13. The third-order valence-electron chi connectivity index (χ3n) is 2.87. The number of thioether (sulfide) groups is 1. The molecule has 0 radical (unpaired) electrons. The summed E-state index contributed by atoms with van der Waals surface area (Å²) in [5.74, 6) is -0.430. The SMILES string of the molecule is CC(=O)OC(C(C)OC(C)Sc1ccccc1)C(C)(C)O. The Hall–Kier alpha value is -1.04. The zero-order chi connectivity index (χ0) is 16.0. The Morgan fingerprint density at radius 3 is 2.29 bits per heavy atom. The molecular formula is C16H24O4S. The number of benzene rings is 1. The second-order valence-electron chi connectivity index (χ2n) is 5.52. The lowest BCUT2D eigenvalue weighted by Gasteiger charge is -2.34. The average molecular weight is 312 g/mol. The molecule has 0 aromatic heterocycles. The zero-order valence-corrected chi connectivity index (χ0v) is 14.0. The van der Waals surface area contributed by atoms with Gasteiger partial charge in [-0.3, -0.25) is 4.79 Å². The van der Waals surface area contributed by atoms with Gasteiger partial charge in [0.2, 0.25) is 0 Å². The molecule has 5 heteroatoms. The molecule has 0 aliphatic heterocycles. The van der Waals surface area contributed by atoms with Crippen LogP contribution in [0, 0.1) is 0 Å². The van der Waals surface area contributed by atoms with E-state index in [1.54, 1.807) is 32.5 Å². The van der Waals surface area contributed by atoms with E-state index in [1.807, 2.05) is 37.3 Å². The van der Waals surface area contributed by atoms with Gasteiger partial charge in [-0.05, 0) is 39.8 Å². The first-order valence-corrected chi connectivity index (χ1v) is 7.85. The number of hydrogen-bond donors (Lipinski definition) is 1. The first-order valence-electron chi connectivity index (χ1n) is 6.97. The summed E-state index contributed by atoms with van der Waals surface area (Å²) in [6.45, 7) is 8.27. The standard InChI is InChI=1S/C16H24O4S/c1-11(15(16(4,5)18)20-12(2)17)19-13(3)21-14-9-7-6-8-10-14/h6-11,13,15,18H,1-5H3. The van der Waals surface area contributed by atoms with Gasteiger partial charge in [0.1, 0.15) is 5.44 Å². The Balaban J connectivity index is 2.63. The van der Waals surface area contributed by atoms with Crippen LogP contribution in [0.1, 0.15) is 34.6 Å². The summed E-state index contributed by atoms with van der Waals surface area (Å²) in [5.41, 5.74) is -1.29. The van der Waals surface area contributed by atoms with Crippen molar-refractivity contribution in [1.82, 2.24) is 0 Å². The molecule has 0 saturated carbocycles. The molecule has 0 saturated heterocycles. The van der Waals surface area contributed by atoms with Gasteiger partial charge in [0.25, 0.3) is 0 Å². The van der Waals surface area contributed by atoms with Crippen molar-refractivity contribution in [3.05, 3.63) is 30.3 Å². The molecule has 118 valence electrons. The molecule has 0 spiro atoms. The Kier molecular flexibility index (Phi) is 6.71. The van der Waals surface area contributed by atoms with Crippen molar-refractivity contribution in [1.29, 1.82) is 0 Å². The van der Waals surface area contributed by atoms with Crippen LogP contribution in [-0.2, 0) is 14.3 Å². The fourth-order valence-electron chi connectivity index (χ4n) is 2.09. The first-order chi connectivity index (χ1) is 9.70. The fraction of sp³-hybridized carbons (Fsp3) is 0.562. The van der Waals surface area contributed by atoms with E-state index in [2.05, 4.69) is 0 Å². The van der Waals surface area contributed by atoms with Crippen LogP contribution >= 0.6 is 11.8 Å². The number of aliphatic hydroxyl groups is 1. The quantitative estimate of drug-likeness (QED) is 0.476. The minimum absolute atomic E-state index is 0.122. The number of esters is 1. The molecule has 0 aliphatic rings. The van der Waals surface area contributed by atoms with E-state index in [9.17, 15) is 9.90 Å². The highest BCUT2D eigenvalue weighted by Gasteiger charge is 2.36. The van der Waals surface area contributed by atoms with E-state index in [1.165, 1.54) is 6.92 Å². The number of hydrogen-bond acceptors (Lipinski definition) is 5. The van der Waals surface area contributed by atoms with Crippen molar-refractivity contribution < 1.29 is 19.4 Å². The largest absolute Gasteiger partial charge is 0.457 e. The van der Waals surface area contributed by atoms with Gasteiger partial charge < -0.3 is 14.6 Å². The normalized spacial score (nSPS) is 16.1. The fourth-order valence-corrected chi connectivity index (χ4v) is 3.01. The summed E-state index contributed by atoms with van der Waals surface area (Å²) < 4.78 is 11.1. The lowest BCUT2D eigenvalue weighted by Crippen LogP contribution is -2.48. The molecule has 0 heterocycles. The average Bonchev–Trinajstić information content (AvgIpc) is 2.35. The molecule has 0 bridgehead atoms. The monoisotopic (exact) mass is 312 g/mol. The number of carbonyl (C=O) groups is 1. The Labute approximate surface area is 130 Å². The lowest BCUT2D eigenvalue weighted by atomic mass is 9.97. The predicted octanol–water partition coefficient (Wildman–Crippen LogP) is 3.23. The number of rotatable bonds is 7. The zero-order valence-electron chi connectivity index (χ0n) is 13.2. The van der Waals surface area contributed by atoms with Crippen molar-refractivity contribution in [2.45, 2.75) is 62.8 Å². The lowest BCUT2D eigenvalue weighted by molar-refractivity contribution is -0.177. The molecule has 1 rings (SSSR count). The van der Waals surface area contributed by atoms with Gasteiger partial charge in [-0.25, -0.2) is 0 Å². The van der Waals surface area contributed by atoms with Gasteiger partial charge in [0.05, 0.1) is 11.7 Å². The smallest absolute Gasteiger partial charge is 0.303 e. The summed E-state index contributed by atoms with van der Waals surface area (Å²) in [4.78, 5) is 12.3. The van der Waals surface area contributed by atoms with Crippen LogP contribution in [0.5, 0.6) is 0 Å². The van der Waals surface area contributed by atoms with E-state index in [-0.39, 0.29) is 5.44 Å². The Morgan fingerprint density at radius 1 is 1.24 bits per heavy atom. The molecular weight excluding hydrogens is 288 g/mol. The summed E-state index contributed by atoms with van der Waals surface area (Å²) >= 11 is 1.57. The molecule has 4 nitrogen and oxygen atoms in total. The van der Waals surface area contributed by atoms with Crippen LogP contribution in [-0.4, -0.2) is 34.3 Å². The Bertz CT molecular complexity index is 441. The first kappa shape index (κ1) is 18.0. The summed E-state index contributed by atoms with van der Waals surface area (Å²) in [5, 5.41) is 10.1. The van der Waals surface area contributed by atoms with E-state index < -0.39 is 23.8 Å². The third kappa shape index (κ3) is 6.50. The topological polar surface area (TPSA) is 55.8 Å². The van der Waals surface area contributed by atoms with E-state index in [0.29, 0.717) is 0 Å². The molecule has 3 atom stereocenters. The van der Waals surface area contributed by atoms with Crippen LogP contribution in [0.4, 0.5) is 0 Å². The van der Waals surface area contributed by atoms with Gasteiger partial charge in [-0.2, -0.15) is 0 Å². The molecule has 1 N–H and O–H groups in total. The highest BCUT2D eigenvalue weighted by atomic mass is 32.2. The van der Waals surface area contributed by atoms with Crippen LogP contribution in [0.2, 0.25) is 0 Å². The highest BCUT2D eigenvalue weighted by molar-refractivity contribution is 7.99. The Morgan fingerprint density at radius 2 is 1.81 bits per heavy atom. The highest BCUT2D eigenvalue weighted by Crippen LogP contribution is 2.27. The second-order valence-corrected chi connectivity index (χ2v) is 6.89. The van der Waals surface area contributed by atoms with Crippen LogP contribution in [0.15, 0.2) is 35.2 Å². The van der Waals surface area contributed by atoms with Crippen molar-refractivity contribution in [2.24, 2.45) is 0 Å². The van der Waals surface area contributed by atoms with Crippen molar-refractivity contribution in [3.63, 3.8) is 0 Å². The van der Waals surface area contributed by atoms with Gasteiger partial charge in [0, 0.05) is 11.8 Å². The van der Waals surface area contributed by atoms with Crippen molar-refractivity contribution in [3.8, 4) is 0 Å². The minimum Gasteiger partial charge on any atom is -0.457 e. The number of ether oxygens (including phenoxy) is 2. The number of carbonyl (C=O) groups excluding carboxylic acids is 1. The minimum atomic E-state index is -1.16. The van der Waals surface area contributed by atoms with Crippen LogP contribution in [0.3, 0.4) is 0 Å². The van der Waals surface area contributed by atoms with Crippen LogP contribution < -0.4 is 0 Å².